The topological polar surface area (TPSA) is 57.2 Å². The van der Waals surface area contributed by atoms with Crippen LogP contribution in [-0.2, 0) is 10.1 Å². The molecule has 6 heteroatoms. The molecule has 0 N–H and O–H groups in total. The summed E-state index contributed by atoms with van der Waals surface area (Å²) in [6, 6.07) is 0. The van der Waals surface area contributed by atoms with Crippen LogP contribution in [0, 0.1) is 0 Å². The van der Waals surface area contributed by atoms with E-state index in [1.165, 1.54) is 0 Å². The Morgan fingerprint density at radius 3 is 2.00 bits per heavy atom. The van der Waals surface area contributed by atoms with Gasteiger partial charge in [-0.2, -0.15) is 0 Å². The summed E-state index contributed by atoms with van der Waals surface area (Å²) in [6.07, 6.45) is 0.450. The average molecular weight is 225 g/mol. The minimum atomic E-state index is -3.95. The van der Waals surface area contributed by atoms with Crippen molar-refractivity contribution in [1.29, 1.82) is 0 Å². The second-order valence-electron chi connectivity index (χ2n) is 1.34. The van der Waals surface area contributed by atoms with Gasteiger partial charge in [0.25, 0.3) is 0 Å². The molecule has 0 heterocycles. The third kappa shape index (κ3) is 12.6. The summed E-state index contributed by atoms with van der Waals surface area (Å²) in [4.78, 5) is 0. The fraction of sp³-hybridized carbons (Fsp3) is 1.00. The van der Waals surface area contributed by atoms with E-state index in [0.29, 0.717) is 11.7 Å². The summed E-state index contributed by atoms with van der Waals surface area (Å²) >= 11 is 2.23. The van der Waals surface area contributed by atoms with Crippen LogP contribution in [0.25, 0.3) is 0 Å². The van der Waals surface area contributed by atoms with E-state index in [1.54, 1.807) is 0 Å². The molecular formula is C3H7NaO3SSe. The van der Waals surface area contributed by atoms with Crippen LogP contribution in [0.15, 0.2) is 0 Å². The Labute approximate surface area is 85.4 Å². The molecule has 0 bridgehead atoms. The van der Waals surface area contributed by atoms with Crippen molar-refractivity contribution in [3.05, 3.63) is 0 Å². The molecule has 0 aliphatic carbocycles. The third-order valence-corrected chi connectivity index (χ3v) is 2.00. The van der Waals surface area contributed by atoms with Crippen LogP contribution >= 0.6 is 0 Å². The molecule has 0 aromatic carbocycles. The first-order valence-electron chi connectivity index (χ1n) is 2.10. The number of rotatable bonds is 3. The minimum Gasteiger partial charge on any atom is 1.00 e. The quantitative estimate of drug-likeness (QED) is 0.366. The van der Waals surface area contributed by atoms with Gasteiger partial charge in [-0.3, -0.25) is 0 Å². The normalized spacial score (nSPS) is 10.4. The van der Waals surface area contributed by atoms with Gasteiger partial charge < -0.3 is 0 Å². The third-order valence-electron chi connectivity index (χ3n) is 0.552. The van der Waals surface area contributed by atoms with Gasteiger partial charge in [-0.25, -0.2) is 0 Å². The van der Waals surface area contributed by atoms with E-state index < -0.39 is 10.1 Å². The maximum absolute atomic E-state index is 9.83. The Hall–Kier alpha value is 1.43. The van der Waals surface area contributed by atoms with Crippen LogP contribution in [0.4, 0.5) is 0 Å². The first-order valence-corrected chi connectivity index (χ1v) is 5.01. The summed E-state index contributed by atoms with van der Waals surface area (Å²) in [7, 11) is -3.95. The standard InChI is InChI=1S/C3H8O3SSe.Na/c4-7(5,6)2-1-3-8;/h8H,1-3H2,(H,4,5,6);/q;+1/p-1. The van der Waals surface area contributed by atoms with E-state index in [1.807, 2.05) is 0 Å². The minimum absolute atomic E-state index is 0. The van der Waals surface area contributed by atoms with Gasteiger partial charge in [-0.1, -0.05) is 0 Å². The Kier molecular flexibility index (Phi) is 8.93. The molecule has 0 atom stereocenters. The predicted octanol–water partition coefficient (Wildman–Crippen LogP) is -3.76. The number of hydrogen-bond acceptors (Lipinski definition) is 3. The molecule has 0 unspecified atom stereocenters. The van der Waals surface area contributed by atoms with Crippen LogP contribution in [-0.4, -0.2) is 34.7 Å². The van der Waals surface area contributed by atoms with Gasteiger partial charge in [0.2, 0.25) is 0 Å². The van der Waals surface area contributed by atoms with E-state index in [0.717, 1.165) is 0 Å². The van der Waals surface area contributed by atoms with Crippen molar-refractivity contribution < 1.29 is 42.5 Å². The molecular weight excluding hydrogens is 218 g/mol. The summed E-state index contributed by atoms with van der Waals surface area (Å²) in [5, 5.41) is 0.689. The van der Waals surface area contributed by atoms with Gasteiger partial charge in [0.15, 0.2) is 0 Å². The zero-order valence-corrected chi connectivity index (χ0v) is 9.89. The SMILES string of the molecule is O=S(=O)([O-])CCC[SeH].[Na+]. The maximum atomic E-state index is 9.83. The summed E-state index contributed by atoms with van der Waals surface area (Å²) in [5.41, 5.74) is 0. The van der Waals surface area contributed by atoms with E-state index in [2.05, 4.69) is 16.0 Å². The molecule has 0 spiro atoms. The van der Waals surface area contributed by atoms with Gasteiger partial charge in [-0.15, -0.1) is 0 Å². The van der Waals surface area contributed by atoms with Gasteiger partial charge in [0.05, 0.1) is 0 Å². The molecule has 0 radical (unpaired) electrons. The molecule has 0 aliphatic heterocycles. The smallest absolute Gasteiger partial charge is 1.00 e. The van der Waals surface area contributed by atoms with E-state index in [9.17, 15) is 13.0 Å². The second kappa shape index (κ2) is 6.16. The van der Waals surface area contributed by atoms with Crippen molar-refractivity contribution in [2.75, 3.05) is 5.75 Å². The van der Waals surface area contributed by atoms with Crippen LogP contribution in [0.2, 0.25) is 5.32 Å². The van der Waals surface area contributed by atoms with E-state index >= 15 is 0 Å². The van der Waals surface area contributed by atoms with Crippen molar-refractivity contribution in [3.8, 4) is 0 Å². The predicted molar refractivity (Wildman–Crippen MR) is 31.1 cm³/mol. The fourth-order valence-electron chi connectivity index (χ4n) is 0.241. The average Bonchev–Trinajstić information content (AvgIpc) is 1.59. The monoisotopic (exact) mass is 226 g/mol. The molecule has 0 saturated heterocycles. The Morgan fingerprint density at radius 2 is 1.89 bits per heavy atom. The van der Waals surface area contributed by atoms with Crippen molar-refractivity contribution >= 4 is 26.1 Å². The largest absolute Gasteiger partial charge is 1.00 e. The molecule has 0 rings (SSSR count). The fourth-order valence-corrected chi connectivity index (χ4v) is 1.54. The molecule has 0 fully saturated rings. The van der Waals surface area contributed by atoms with E-state index in [-0.39, 0.29) is 35.3 Å². The molecule has 50 valence electrons. The zero-order valence-electron chi connectivity index (χ0n) is 5.20. The van der Waals surface area contributed by atoms with Crippen molar-refractivity contribution in [2.45, 2.75) is 11.7 Å². The van der Waals surface area contributed by atoms with Crippen LogP contribution in [0.1, 0.15) is 6.42 Å². The molecule has 0 aromatic rings. The van der Waals surface area contributed by atoms with Gasteiger partial charge >= 0.3 is 86.2 Å². The Morgan fingerprint density at radius 1 is 1.44 bits per heavy atom. The summed E-state index contributed by atoms with van der Waals surface area (Å²) in [6.45, 7) is 0. The van der Waals surface area contributed by atoms with Crippen LogP contribution in [0.5, 0.6) is 0 Å². The van der Waals surface area contributed by atoms with Gasteiger partial charge in [-0.05, 0) is 0 Å². The molecule has 0 aromatic heterocycles. The molecule has 3 nitrogen and oxygen atoms in total. The molecule has 0 saturated carbocycles. The first kappa shape index (κ1) is 13.1. The molecule has 0 aliphatic rings. The Bertz CT molecular complexity index is 143. The summed E-state index contributed by atoms with van der Waals surface area (Å²) < 4.78 is 29.5. The Balaban J connectivity index is 0. The van der Waals surface area contributed by atoms with Crippen LogP contribution < -0.4 is 29.6 Å². The first-order chi connectivity index (χ1) is 3.56. The zero-order chi connectivity index (χ0) is 6.62. The van der Waals surface area contributed by atoms with E-state index in [4.69, 9.17) is 0 Å². The van der Waals surface area contributed by atoms with Crippen molar-refractivity contribution in [2.24, 2.45) is 0 Å². The summed E-state index contributed by atoms with van der Waals surface area (Å²) in [5.74, 6) is -0.234. The molecule has 0 amide bonds. The molecule has 9 heavy (non-hydrogen) atoms. The second-order valence-corrected chi connectivity index (χ2v) is 3.80. The van der Waals surface area contributed by atoms with Crippen LogP contribution in [0.3, 0.4) is 0 Å². The van der Waals surface area contributed by atoms with Gasteiger partial charge in [0, 0.05) is 0 Å². The van der Waals surface area contributed by atoms with Crippen molar-refractivity contribution in [3.63, 3.8) is 0 Å². The van der Waals surface area contributed by atoms with Gasteiger partial charge in [0.1, 0.15) is 0 Å². The maximum Gasteiger partial charge on any atom is 1.00 e. The number of hydrogen-bond donors (Lipinski definition) is 0. The van der Waals surface area contributed by atoms with Crippen molar-refractivity contribution in [1.82, 2.24) is 0 Å².